The molecule has 0 amide bonds. The minimum atomic E-state index is -3.30. The van der Waals surface area contributed by atoms with Crippen LogP contribution in [-0.4, -0.2) is 60.7 Å². The zero-order chi connectivity index (χ0) is 25.7. The van der Waals surface area contributed by atoms with Crippen molar-refractivity contribution in [3.05, 3.63) is 54.1 Å². The summed E-state index contributed by atoms with van der Waals surface area (Å²) in [5.41, 5.74) is 1.93. The Balaban J connectivity index is 1.31. The summed E-state index contributed by atoms with van der Waals surface area (Å²) in [6.45, 7) is 4.24. The van der Waals surface area contributed by atoms with Crippen molar-refractivity contribution in [2.45, 2.75) is 32.7 Å². The van der Waals surface area contributed by atoms with Gasteiger partial charge in [0.25, 0.3) is 0 Å². The van der Waals surface area contributed by atoms with Crippen LogP contribution in [0.25, 0.3) is 11.1 Å². The molecule has 3 aromatic rings. The Morgan fingerprint density at radius 3 is 2.36 bits per heavy atom. The number of rotatable bonds is 10. The van der Waals surface area contributed by atoms with Crippen molar-refractivity contribution in [3.8, 4) is 16.9 Å². The molecule has 0 saturated carbocycles. The zero-order valence-electron chi connectivity index (χ0n) is 20.3. The first kappa shape index (κ1) is 26.0. The fourth-order valence-electron chi connectivity index (χ4n) is 4.04. The normalized spacial score (nSPS) is 14.8. The molecule has 12 heteroatoms. The van der Waals surface area contributed by atoms with Crippen LogP contribution >= 0.6 is 0 Å². The van der Waals surface area contributed by atoms with Crippen LogP contribution in [0.4, 0.5) is 14.7 Å². The van der Waals surface area contributed by atoms with Gasteiger partial charge in [-0.05, 0) is 48.4 Å². The summed E-state index contributed by atoms with van der Waals surface area (Å²) in [5, 5.41) is 4.12. The molecule has 1 aliphatic heterocycles. The minimum absolute atomic E-state index is 0.159. The molecule has 0 unspecified atom stereocenters. The van der Waals surface area contributed by atoms with Crippen molar-refractivity contribution in [3.63, 3.8) is 0 Å². The first-order valence-electron chi connectivity index (χ1n) is 11.9. The Hall–Kier alpha value is -3.12. The number of benzene rings is 1. The van der Waals surface area contributed by atoms with E-state index in [1.165, 1.54) is 23.0 Å². The third-order valence-corrected chi connectivity index (χ3v) is 6.86. The lowest BCUT2D eigenvalue weighted by atomic mass is 9.98. The number of piperidine rings is 1. The quantitative estimate of drug-likeness (QED) is 0.438. The molecule has 4 rings (SSSR count). The van der Waals surface area contributed by atoms with E-state index in [4.69, 9.17) is 4.74 Å². The topological polar surface area (TPSA) is 102 Å². The van der Waals surface area contributed by atoms with Crippen LogP contribution in [0.3, 0.4) is 0 Å². The van der Waals surface area contributed by atoms with Gasteiger partial charge in [-0.15, -0.1) is 0 Å². The van der Waals surface area contributed by atoms with E-state index < -0.39 is 21.7 Å². The monoisotopic (exact) mass is 520 g/mol. The van der Waals surface area contributed by atoms with Crippen molar-refractivity contribution in [2.75, 3.05) is 37.4 Å². The second-order valence-corrected chi connectivity index (χ2v) is 10.7. The third-order valence-electron chi connectivity index (χ3n) is 6.13. The van der Waals surface area contributed by atoms with Crippen LogP contribution in [-0.2, 0) is 23.0 Å². The second-order valence-electron chi connectivity index (χ2n) is 8.91. The van der Waals surface area contributed by atoms with Crippen LogP contribution < -0.4 is 14.4 Å². The van der Waals surface area contributed by atoms with Crippen LogP contribution in [0.1, 0.15) is 25.3 Å². The molecule has 0 aliphatic carbocycles. The van der Waals surface area contributed by atoms with Gasteiger partial charge < -0.3 is 9.64 Å². The van der Waals surface area contributed by atoms with Gasteiger partial charge in [0.15, 0.2) is 17.4 Å². The Kier molecular flexibility index (Phi) is 8.14. The van der Waals surface area contributed by atoms with E-state index in [-0.39, 0.29) is 31.4 Å². The van der Waals surface area contributed by atoms with Gasteiger partial charge in [0, 0.05) is 43.8 Å². The minimum Gasteiger partial charge on any atom is -0.487 e. The lowest BCUT2D eigenvalue weighted by Gasteiger charge is -2.31. The summed E-state index contributed by atoms with van der Waals surface area (Å²) in [6, 6.07) is 2.43. The number of nitrogens with one attached hydrogen (secondary N) is 1. The number of hydrogen-bond acceptors (Lipinski definition) is 7. The highest BCUT2D eigenvalue weighted by atomic mass is 32.2. The van der Waals surface area contributed by atoms with Gasteiger partial charge in [-0.3, -0.25) is 4.68 Å². The van der Waals surface area contributed by atoms with Crippen LogP contribution in [0.5, 0.6) is 5.75 Å². The Bertz CT molecular complexity index is 1250. The summed E-state index contributed by atoms with van der Waals surface area (Å²) in [5.74, 6) is -1.07. The summed E-state index contributed by atoms with van der Waals surface area (Å²) in [7, 11) is -3.30. The molecule has 2 aromatic heterocycles. The number of sulfonamides is 1. The van der Waals surface area contributed by atoms with E-state index in [0.717, 1.165) is 44.2 Å². The molecule has 194 valence electrons. The van der Waals surface area contributed by atoms with E-state index in [0.29, 0.717) is 17.1 Å². The smallest absolute Gasteiger partial charge is 0.225 e. The SMILES string of the molecule is CCc1cnc(N2CCC(COc3c(F)cc(-c4cnn(CCNS(C)(=O)=O)c4)cc3F)CC2)nc1. The number of nitrogens with zero attached hydrogens (tertiary/aromatic N) is 5. The number of aryl methyl sites for hydroxylation is 1. The molecule has 3 heterocycles. The maximum atomic E-state index is 14.7. The summed E-state index contributed by atoms with van der Waals surface area (Å²) in [6.07, 6.45) is 10.3. The van der Waals surface area contributed by atoms with Gasteiger partial charge >= 0.3 is 0 Å². The first-order chi connectivity index (χ1) is 17.2. The zero-order valence-corrected chi connectivity index (χ0v) is 21.1. The van der Waals surface area contributed by atoms with Crippen LogP contribution in [0.15, 0.2) is 36.9 Å². The highest BCUT2D eigenvalue weighted by molar-refractivity contribution is 7.88. The Morgan fingerprint density at radius 2 is 1.75 bits per heavy atom. The Morgan fingerprint density at radius 1 is 1.08 bits per heavy atom. The predicted molar refractivity (Wildman–Crippen MR) is 132 cm³/mol. The molecule has 0 radical (unpaired) electrons. The molecular formula is C24H30F2N6O3S. The highest BCUT2D eigenvalue weighted by Crippen LogP contribution is 2.30. The molecule has 0 bridgehead atoms. The van der Waals surface area contributed by atoms with E-state index in [9.17, 15) is 17.2 Å². The molecule has 1 fully saturated rings. The number of ether oxygens (including phenoxy) is 1. The third kappa shape index (κ3) is 6.76. The average molecular weight is 521 g/mol. The summed E-state index contributed by atoms with van der Waals surface area (Å²) < 4.78 is 61.2. The van der Waals surface area contributed by atoms with Crippen molar-refractivity contribution >= 4 is 16.0 Å². The molecule has 1 aliphatic rings. The molecule has 1 N–H and O–H groups in total. The molecular weight excluding hydrogens is 490 g/mol. The predicted octanol–water partition coefficient (Wildman–Crippen LogP) is 3.03. The first-order valence-corrected chi connectivity index (χ1v) is 13.8. The van der Waals surface area contributed by atoms with E-state index >= 15 is 0 Å². The molecule has 1 saturated heterocycles. The lowest BCUT2D eigenvalue weighted by Crippen LogP contribution is -2.36. The average Bonchev–Trinajstić information content (AvgIpc) is 3.32. The molecule has 36 heavy (non-hydrogen) atoms. The highest BCUT2D eigenvalue weighted by Gasteiger charge is 2.23. The van der Waals surface area contributed by atoms with Crippen LogP contribution in [0, 0.1) is 17.6 Å². The molecule has 1 aromatic carbocycles. The fourth-order valence-corrected chi connectivity index (χ4v) is 4.50. The van der Waals surface area contributed by atoms with Gasteiger partial charge in [-0.2, -0.15) is 5.10 Å². The van der Waals surface area contributed by atoms with Gasteiger partial charge in [0.1, 0.15) is 0 Å². The van der Waals surface area contributed by atoms with Crippen molar-refractivity contribution in [1.29, 1.82) is 0 Å². The lowest BCUT2D eigenvalue weighted by molar-refractivity contribution is 0.207. The largest absolute Gasteiger partial charge is 0.487 e. The number of anilines is 1. The van der Waals surface area contributed by atoms with Gasteiger partial charge in [-0.1, -0.05) is 6.92 Å². The maximum Gasteiger partial charge on any atom is 0.225 e. The van der Waals surface area contributed by atoms with E-state index in [1.54, 1.807) is 6.20 Å². The van der Waals surface area contributed by atoms with Crippen molar-refractivity contribution < 1.29 is 21.9 Å². The van der Waals surface area contributed by atoms with E-state index in [2.05, 4.69) is 31.6 Å². The molecule has 9 nitrogen and oxygen atoms in total. The number of halogens is 2. The fraction of sp³-hybridized carbons (Fsp3) is 0.458. The maximum absolute atomic E-state index is 14.7. The van der Waals surface area contributed by atoms with Crippen molar-refractivity contribution in [2.24, 2.45) is 5.92 Å². The number of aromatic nitrogens is 4. The standard InChI is InChI=1S/C24H30F2N6O3S/c1-3-17-12-27-24(28-13-17)31-7-4-18(5-8-31)16-35-23-21(25)10-19(11-22(23)26)20-14-29-32(15-20)9-6-30-36(2,33)34/h10-15,18,30H,3-9,16H2,1-2H3. The van der Waals surface area contributed by atoms with E-state index in [1.807, 2.05) is 12.4 Å². The molecule has 0 spiro atoms. The second kappa shape index (κ2) is 11.3. The summed E-state index contributed by atoms with van der Waals surface area (Å²) >= 11 is 0. The van der Waals surface area contributed by atoms with Crippen LogP contribution in [0.2, 0.25) is 0 Å². The van der Waals surface area contributed by atoms with Gasteiger partial charge in [0.2, 0.25) is 16.0 Å². The molecule has 0 atom stereocenters. The van der Waals surface area contributed by atoms with Gasteiger partial charge in [0.05, 0.1) is 25.6 Å². The van der Waals surface area contributed by atoms with Crippen molar-refractivity contribution in [1.82, 2.24) is 24.5 Å². The Labute approximate surface area is 209 Å². The van der Waals surface area contributed by atoms with Gasteiger partial charge in [-0.25, -0.2) is 31.9 Å². The summed E-state index contributed by atoms with van der Waals surface area (Å²) in [4.78, 5) is 11.0. The number of hydrogen-bond donors (Lipinski definition) is 1.